The Morgan fingerprint density at radius 1 is 1.32 bits per heavy atom. The van der Waals surface area contributed by atoms with Gasteiger partial charge in [0.05, 0.1) is 6.61 Å². The maximum Gasteiger partial charge on any atom is 0.330 e. The van der Waals surface area contributed by atoms with Crippen LogP contribution in [-0.2, 0) is 9.53 Å². The number of carbonyl (C=O) groups excluding carboxylic acids is 1. The molecule has 0 aliphatic rings. The van der Waals surface area contributed by atoms with Gasteiger partial charge in [-0.2, -0.15) is 0 Å². The second-order valence-electron chi connectivity index (χ2n) is 4.79. The first kappa shape index (κ1) is 15.1. The average molecular weight is 264 g/mol. The van der Waals surface area contributed by atoms with Gasteiger partial charge in [0.1, 0.15) is 0 Å². The molecule has 0 radical (unpaired) electrons. The largest absolute Gasteiger partial charge is 0.504 e. The normalized spacial score (nSPS) is 11.1. The molecule has 2 N–H and O–H groups in total. The SMILES string of the molecule is CC(C)CCCOC(=O)/C=C/c1ccc(O)c(O)c1. The highest BCUT2D eigenvalue weighted by atomic mass is 16.5. The lowest BCUT2D eigenvalue weighted by molar-refractivity contribution is -0.137. The van der Waals surface area contributed by atoms with E-state index < -0.39 is 5.97 Å². The molecular formula is C15H20O4. The van der Waals surface area contributed by atoms with E-state index in [4.69, 9.17) is 9.84 Å². The van der Waals surface area contributed by atoms with Crippen LogP contribution in [0.4, 0.5) is 0 Å². The third-order valence-corrected chi connectivity index (χ3v) is 2.58. The Hall–Kier alpha value is -1.97. The molecule has 0 saturated heterocycles. The van der Waals surface area contributed by atoms with Gasteiger partial charge >= 0.3 is 5.97 Å². The van der Waals surface area contributed by atoms with Crippen LogP contribution in [0.1, 0.15) is 32.3 Å². The van der Waals surface area contributed by atoms with Gasteiger partial charge in [0.15, 0.2) is 11.5 Å². The Bertz CT molecular complexity index is 449. The van der Waals surface area contributed by atoms with Crippen molar-refractivity contribution < 1.29 is 19.7 Å². The van der Waals surface area contributed by atoms with Crippen molar-refractivity contribution in [3.8, 4) is 11.5 Å². The van der Waals surface area contributed by atoms with Crippen LogP contribution in [0.25, 0.3) is 6.08 Å². The van der Waals surface area contributed by atoms with E-state index in [1.165, 1.54) is 24.3 Å². The highest BCUT2D eigenvalue weighted by Crippen LogP contribution is 2.25. The minimum absolute atomic E-state index is 0.187. The predicted octanol–water partition coefficient (Wildman–Crippen LogP) is 3.09. The quantitative estimate of drug-likeness (QED) is 0.358. The molecular weight excluding hydrogens is 244 g/mol. The maximum atomic E-state index is 11.4. The van der Waals surface area contributed by atoms with Gasteiger partial charge in [-0.25, -0.2) is 4.79 Å². The monoisotopic (exact) mass is 264 g/mol. The Morgan fingerprint density at radius 3 is 2.68 bits per heavy atom. The zero-order chi connectivity index (χ0) is 14.3. The van der Waals surface area contributed by atoms with Gasteiger partial charge in [-0.15, -0.1) is 0 Å². The molecule has 0 unspecified atom stereocenters. The van der Waals surface area contributed by atoms with Crippen molar-refractivity contribution in [2.45, 2.75) is 26.7 Å². The van der Waals surface area contributed by atoms with Gasteiger partial charge in [0.25, 0.3) is 0 Å². The third-order valence-electron chi connectivity index (χ3n) is 2.58. The fraction of sp³-hybridized carbons (Fsp3) is 0.400. The highest BCUT2D eigenvalue weighted by molar-refractivity contribution is 5.87. The molecule has 0 spiro atoms. The summed E-state index contributed by atoms with van der Waals surface area (Å²) in [5.41, 5.74) is 0.620. The Kier molecular flexibility index (Phi) is 5.93. The second-order valence-corrected chi connectivity index (χ2v) is 4.79. The van der Waals surface area contributed by atoms with Gasteiger partial charge in [0.2, 0.25) is 0 Å². The van der Waals surface area contributed by atoms with Gasteiger partial charge in [-0.3, -0.25) is 0 Å². The van der Waals surface area contributed by atoms with Crippen molar-refractivity contribution in [3.05, 3.63) is 29.8 Å². The maximum absolute atomic E-state index is 11.4. The summed E-state index contributed by atoms with van der Waals surface area (Å²) in [5, 5.41) is 18.4. The van der Waals surface area contributed by atoms with Crippen LogP contribution in [0, 0.1) is 5.92 Å². The minimum atomic E-state index is -0.406. The molecule has 0 aliphatic carbocycles. The van der Waals surface area contributed by atoms with E-state index in [0.29, 0.717) is 18.1 Å². The zero-order valence-corrected chi connectivity index (χ0v) is 11.3. The molecule has 104 valence electrons. The lowest BCUT2D eigenvalue weighted by Crippen LogP contribution is -2.03. The second kappa shape index (κ2) is 7.46. The number of carbonyl (C=O) groups is 1. The Balaban J connectivity index is 2.39. The predicted molar refractivity (Wildman–Crippen MR) is 73.8 cm³/mol. The summed E-state index contributed by atoms with van der Waals surface area (Å²) in [6.45, 7) is 4.67. The number of hydrogen-bond acceptors (Lipinski definition) is 4. The highest BCUT2D eigenvalue weighted by Gasteiger charge is 2.01. The fourth-order valence-electron chi connectivity index (χ4n) is 1.52. The van der Waals surface area contributed by atoms with Crippen molar-refractivity contribution in [1.82, 2.24) is 0 Å². The van der Waals surface area contributed by atoms with Gasteiger partial charge in [0, 0.05) is 6.08 Å². The van der Waals surface area contributed by atoms with E-state index in [0.717, 1.165) is 12.8 Å². The van der Waals surface area contributed by atoms with E-state index in [-0.39, 0.29) is 11.5 Å². The van der Waals surface area contributed by atoms with Crippen molar-refractivity contribution in [2.75, 3.05) is 6.61 Å². The van der Waals surface area contributed by atoms with Crippen molar-refractivity contribution in [1.29, 1.82) is 0 Å². The summed E-state index contributed by atoms with van der Waals surface area (Å²) < 4.78 is 5.03. The first-order chi connectivity index (χ1) is 8.99. The third kappa shape index (κ3) is 5.95. The fourth-order valence-corrected chi connectivity index (χ4v) is 1.52. The molecule has 1 aromatic rings. The Morgan fingerprint density at radius 2 is 2.05 bits per heavy atom. The number of benzene rings is 1. The topological polar surface area (TPSA) is 66.8 Å². The number of ether oxygens (including phenoxy) is 1. The zero-order valence-electron chi connectivity index (χ0n) is 11.3. The molecule has 0 fully saturated rings. The van der Waals surface area contributed by atoms with Gasteiger partial charge < -0.3 is 14.9 Å². The van der Waals surface area contributed by atoms with E-state index in [2.05, 4.69) is 13.8 Å². The number of hydrogen-bond donors (Lipinski definition) is 2. The number of esters is 1. The first-order valence-corrected chi connectivity index (χ1v) is 6.36. The molecule has 0 aromatic heterocycles. The van der Waals surface area contributed by atoms with Crippen LogP contribution in [0.5, 0.6) is 11.5 Å². The minimum Gasteiger partial charge on any atom is -0.504 e. The number of aromatic hydroxyl groups is 2. The smallest absolute Gasteiger partial charge is 0.330 e. The van der Waals surface area contributed by atoms with Crippen molar-refractivity contribution >= 4 is 12.0 Å². The number of rotatable bonds is 6. The van der Waals surface area contributed by atoms with Gasteiger partial charge in [-0.1, -0.05) is 19.9 Å². The number of phenols is 2. The molecule has 0 amide bonds. The average Bonchev–Trinajstić information content (AvgIpc) is 2.36. The van der Waals surface area contributed by atoms with E-state index in [1.807, 2.05) is 0 Å². The molecule has 0 bridgehead atoms. The molecule has 0 atom stereocenters. The number of phenolic OH excluding ortho intramolecular Hbond substituents is 2. The molecule has 0 heterocycles. The molecule has 1 rings (SSSR count). The molecule has 1 aromatic carbocycles. The summed E-state index contributed by atoms with van der Waals surface area (Å²) in [5.74, 6) is -0.202. The van der Waals surface area contributed by atoms with Crippen LogP contribution in [0.3, 0.4) is 0 Å². The van der Waals surface area contributed by atoms with E-state index in [9.17, 15) is 9.90 Å². The first-order valence-electron chi connectivity index (χ1n) is 6.36. The van der Waals surface area contributed by atoms with Crippen LogP contribution in [0.2, 0.25) is 0 Å². The van der Waals surface area contributed by atoms with Crippen LogP contribution >= 0.6 is 0 Å². The Labute approximate surface area is 113 Å². The molecule has 4 heteroatoms. The van der Waals surface area contributed by atoms with E-state index in [1.54, 1.807) is 6.07 Å². The van der Waals surface area contributed by atoms with Crippen LogP contribution < -0.4 is 0 Å². The molecule has 0 saturated carbocycles. The summed E-state index contributed by atoms with van der Waals surface area (Å²) in [6.07, 6.45) is 4.73. The lowest BCUT2D eigenvalue weighted by Gasteiger charge is -2.04. The summed E-state index contributed by atoms with van der Waals surface area (Å²) in [7, 11) is 0. The standard InChI is InChI=1S/C15H20O4/c1-11(2)4-3-9-19-15(18)8-6-12-5-7-13(16)14(17)10-12/h5-8,10-11,16-17H,3-4,9H2,1-2H3/b8-6+. The lowest BCUT2D eigenvalue weighted by atomic mass is 10.1. The van der Waals surface area contributed by atoms with Gasteiger partial charge in [-0.05, 0) is 42.5 Å². The summed E-state index contributed by atoms with van der Waals surface area (Å²) in [4.78, 5) is 11.4. The summed E-state index contributed by atoms with van der Waals surface area (Å²) >= 11 is 0. The summed E-state index contributed by atoms with van der Waals surface area (Å²) in [6, 6.07) is 4.33. The molecule has 0 aliphatic heterocycles. The van der Waals surface area contributed by atoms with Crippen LogP contribution in [0.15, 0.2) is 24.3 Å². The van der Waals surface area contributed by atoms with Crippen molar-refractivity contribution in [3.63, 3.8) is 0 Å². The van der Waals surface area contributed by atoms with Crippen molar-refractivity contribution in [2.24, 2.45) is 5.92 Å². The van der Waals surface area contributed by atoms with E-state index >= 15 is 0 Å². The molecule has 4 nitrogen and oxygen atoms in total. The van der Waals surface area contributed by atoms with Crippen LogP contribution in [-0.4, -0.2) is 22.8 Å². The molecule has 19 heavy (non-hydrogen) atoms.